The number of nitro benzene ring substituents is 1. The third-order valence-electron chi connectivity index (χ3n) is 4.33. The fourth-order valence-corrected chi connectivity index (χ4v) is 4.51. The van der Waals surface area contributed by atoms with Gasteiger partial charge in [-0.3, -0.25) is 10.1 Å². The molecule has 1 aromatic rings. The van der Waals surface area contributed by atoms with Gasteiger partial charge in [0.15, 0.2) is 4.90 Å². The van der Waals surface area contributed by atoms with Gasteiger partial charge in [0.2, 0.25) is 10.0 Å². The van der Waals surface area contributed by atoms with Gasteiger partial charge in [-0.2, -0.15) is 4.31 Å². The van der Waals surface area contributed by atoms with Crippen LogP contribution in [0.3, 0.4) is 0 Å². The van der Waals surface area contributed by atoms with Crippen LogP contribution >= 0.6 is 0 Å². The van der Waals surface area contributed by atoms with Crippen LogP contribution in [-0.4, -0.2) is 67.1 Å². The van der Waals surface area contributed by atoms with Gasteiger partial charge in [-0.25, -0.2) is 8.42 Å². The number of aliphatic hydroxyl groups is 1. The van der Waals surface area contributed by atoms with Crippen LogP contribution in [0.2, 0.25) is 0 Å². The number of hydrogen-bond donors (Lipinski definition) is 3. The average Bonchev–Trinajstić information content (AvgIpc) is 2.52. The van der Waals surface area contributed by atoms with Crippen molar-refractivity contribution in [3.05, 3.63) is 34.4 Å². The van der Waals surface area contributed by atoms with Gasteiger partial charge in [-0.1, -0.05) is 12.1 Å². The first kappa shape index (κ1) is 16.3. The molecule has 0 saturated carbocycles. The van der Waals surface area contributed by atoms with Crippen molar-refractivity contribution in [2.24, 2.45) is 0 Å². The van der Waals surface area contributed by atoms with E-state index in [1.807, 2.05) is 0 Å². The monoisotopic (exact) mass is 342 g/mol. The standard InChI is InChI=1S/C13H18N4O5S/c18-13(8-14-9-13)12-7-16(6-5-15-12)23(21,22)11-4-2-1-3-10(11)17(19)20/h1-4,12,14-15,18H,5-9H2. The van der Waals surface area contributed by atoms with E-state index in [1.54, 1.807) is 0 Å². The molecule has 23 heavy (non-hydrogen) atoms. The Kier molecular flexibility index (Phi) is 4.10. The zero-order chi connectivity index (χ0) is 16.7. The van der Waals surface area contributed by atoms with Crippen LogP contribution in [0, 0.1) is 10.1 Å². The lowest BCUT2D eigenvalue weighted by Crippen LogP contribution is -2.73. The molecule has 2 aliphatic rings. The van der Waals surface area contributed by atoms with Gasteiger partial charge >= 0.3 is 0 Å². The van der Waals surface area contributed by atoms with Crippen molar-refractivity contribution in [2.75, 3.05) is 32.7 Å². The minimum atomic E-state index is -3.99. The molecule has 2 aliphatic heterocycles. The predicted octanol–water partition coefficient (Wildman–Crippen LogP) is -1.11. The first-order valence-corrected chi connectivity index (χ1v) is 8.69. The van der Waals surface area contributed by atoms with Crippen molar-refractivity contribution >= 4 is 15.7 Å². The third kappa shape index (κ3) is 2.83. The normalized spacial score (nSPS) is 24.8. The minimum Gasteiger partial charge on any atom is -0.386 e. The molecule has 2 heterocycles. The van der Waals surface area contributed by atoms with Crippen molar-refractivity contribution in [3.63, 3.8) is 0 Å². The Morgan fingerprint density at radius 3 is 2.65 bits per heavy atom. The smallest absolute Gasteiger partial charge is 0.289 e. The van der Waals surface area contributed by atoms with Gasteiger partial charge in [0.05, 0.1) is 11.0 Å². The summed E-state index contributed by atoms with van der Waals surface area (Å²) in [6, 6.07) is 4.90. The highest BCUT2D eigenvalue weighted by atomic mass is 32.2. The summed E-state index contributed by atoms with van der Waals surface area (Å²) in [4.78, 5) is 10.1. The maximum absolute atomic E-state index is 12.8. The quantitative estimate of drug-likeness (QED) is 0.468. The molecule has 10 heteroatoms. The lowest BCUT2D eigenvalue weighted by atomic mass is 9.87. The Balaban J connectivity index is 1.89. The van der Waals surface area contributed by atoms with Crippen LogP contribution in [0.25, 0.3) is 0 Å². The lowest BCUT2D eigenvalue weighted by molar-refractivity contribution is -0.387. The minimum absolute atomic E-state index is 0.0760. The van der Waals surface area contributed by atoms with Crippen LogP contribution in [-0.2, 0) is 10.0 Å². The molecule has 2 fully saturated rings. The van der Waals surface area contributed by atoms with Gasteiger partial charge in [-0.05, 0) is 6.07 Å². The van der Waals surface area contributed by atoms with Crippen LogP contribution in [0.1, 0.15) is 0 Å². The summed E-state index contributed by atoms with van der Waals surface area (Å²) < 4.78 is 26.8. The van der Waals surface area contributed by atoms with Crippen molar-refractivity contribution in [1.82, 2.24) is 14.9 Å². The number of β-amino-alcohol motifs (C(OH)–C–C–N with tert-alkyl or cyclic N) is 1. The number of para-hydroxylation sites is 1. The Labute approximate surface area is 133 Å². The van der Waals surface area contributed by atoms with E-state index in [-0.39, 0.29) is 18.0 Å². The predicted molar refractivity (Wildman–Crippen MR) is 81.5 cm³/mol. The molecule has 0 aliphatic carbocycles. The maximum atomic E-state index is 12.8. The number of piperazine rings is 1. The van der Waals surface area contributed by atoms with E-state index in [0.717, 1.165) is 0 Å². The van der Waals surface area contributed by atoms with E-state index in [0.29, 0.717) is 19.6 Å². The van der Waals surface area contributed by atoms with E-state index < -0.39 is 32.3 Å². The van der Waals surface area contributed by atoms with E-state index in [2.05, 4.69) is 10.6 Å². The number of nitrogens with zero attached hydrogens (tertiary/aromatic N) is 2. The van der Waals surface area contributed by atoms with Gasteiger partial charge in [0.1, 0.15) is 5.60 Å². The maximum Gasteiger partial charge on any atom is 0.289 e. The number of hydrogen-bond acceptors (Lipinski definition) is 7. The molecule has 1 aromatic carbocycles. The molecule has 0 radical (unpaired) electrons. The second kappa shape index (κ2) is 5.80. The highest BCUT2D eigenvalue weighted by Gasteiger charge is 2.46. The molecule has 3 rings (SSSR count). The summed E-state index contributed by atoms with van der Waals surface area (Å²) in [5, 5.41) is 27.6. The summed E-state index contributed by atoms with van der Waals surface area (Å²) in [6.45, 7) is 1.45. The molecular weight excluding hydrogens is 324 g/mol. The molecule has 0 aromatic heterocycles. The van der Waals surface area contributed by atoms with E-state index >= 15 is 0 Å². The van der Waals surface area contributed by atoms with Crippen molar-refractivity contribution in [1.29, 1.82) is 0 Å². The van der Waals surface area contributed by atoms with Crippen LogP contribution in [0.5, 0.6) is 0 Å². The van der Waals surface area contributed by atoms with Crippen LogP contribution in [0.4, 0.5) is 5.69 Å². The molecule has 1 unspecified atom stereocenters. The van der Waals surface area contributed by atoms with Crippen molar-refractivity contribution in [3.8, 4) is 0 Å². The first-order valence-electron chi connectivity index (χ1n) is 7.25. The summed E-state index contributed by atoms with van der Waals surface area (Å²) in [6.07, 6.45) is 0. The van der Waals surface area contributed by atoms with Gasteiger partial charge in [0.25, 0.3) is 5.69 Å². The second-order valence-electron chi connectivity index (χ2n) is 5.80. The first-order chi connectivity index (χ1) is 10.8. The molecule has 1 atom stereocenters. The topological polar surface area (TPSA) is 125 Å². The molecule has 3 N–H and O–H groups in total. The summed E-state index contributed by atoms with van der Waals surface area (Å²) in [7, 11) is -3.99. The van der Waals surface area contributed by atoms with Crippen molar-refractivity contribution < 1.29 is 18.4 Å². The van der Waals surface area contributed by atoms with Gasteiger partial charge in [-0.15, -0.1) is 0 Å². The molecule has 9 nitrogen and oxygen atoms in total. The fourth-order valence-electron chi connectivity index (χ4n) is 2.89. The van der Waals surface area contributed by atoms with E-state index in [1.165, 1.54) is 28.6 Å². The molecular formula is C13H18N4O5S. The highest BCUT2D eigenvalue weighted by Crippen LogP contribution is 2.28. The highest BCUT2D eigenvalue weighted by molar-refractivity contribution is 7.89. The largest absolute Gasteiger partial charge is 0.386 e. The zero-order valence-electron chi connectivity index (χ0n) is 12.3. The third-order valence-corrected chi connectivity index (χ3v) is 6.24. The molecule has 0 amide bonds. The van der Waals surface area contributed by atoms with Crippen LogP contribution in [0.15, 0.2) is 29.2 Å². The summed E-state index contributed by atoms with van der Waals surface area (Å²) in [5.41, 5.74) is -1.43. The molecule has 0 bridgehead atoms. The Morgan fingerprint density at radius 1 is 1.35 bits per heavy atom. The average molecular weight is 342 g/mol. The molecule has 2 saturated heterocycles. The summed E-state index contributed by atoms with van der Waals surface area (Å²) >= 11 is 0. The number of rotatable bonds is 4. The molecule has 0 spiro atoms. The number of sulfonamides is 1. The fraction of sp³-hybridized carbons (Fsp3) is 0.538. The Morgan fingerprint density at radius 2 is 2.04 bits per heavy atom. The van der Waals surface area contributed by atoms with E-state index in [9.17, 15) is 23.6 Å². The summed E-state index contributed by atoms with van der Waals surface area (Å²) in [5.74, 6) is 0. The number of nitrogens with one attached hydrogen (secondary N) is 2. The second-order valence-corrected chi connectivity index (χ2v) is 7.71. The SMILES string of the molecule is O=[N+]([O-])c1ccccc1S(=O)(=O)N1CCNC(C2(O)CNC2)C1. The van der Waals surface area contributed by atoms with Crippen molar-refractivity contribution in [2.45, 2.75) is 16.5 Å². The van der Waals surface area contributed by atoms with E-state index in [4.69, 9.17) is 0 Å². The lowest BCUT2D eigenvalue weighted by Gasteiger charge is -2.47. The number of benzene rings is 1. The zero-order valence-corrected chi connectivity index (χ0v) is 13.1. The Hall–Kier alpha value is -1.59. The van der Waals surface area contributed by atoms with Crippen LogP contribution < -0.4 is 10.6 Å². The van der Waals surface area contributed by atoms with Gasteiger partial charge < -0.3 is 15.7 Å². The number of nitro groups is 1. The molecule has 126 valence electrons. The Bertz CT molecular complexity index is 719. The van der Waals surface area contributed by atoms with Gasteiger partial charge in [0, 0.05) is 38.8 Å².